The number of fused-ring (bicyclic) bond motifs is 2. The number of carbonyl (C=O) groups excluding carboxylic acids is 1. The molecule has 5 aromatic rings. The van der Waals surface area contributed by atoms with Crippen LogP contribution in [0, 0.1) is 0 Å². The summed E-state index contributed by atoms with van der Waals surface area (Å²) < 4.78 is 7.40. The minimum absolute atomic E-state index is 0.00764. The maximum absolute atomic E-state index is 13.0. The molecule has 166 valence electrons. The van der Waals surface area contributed by atoms with E-state index in [2.05, 4.69) is 27.0 Å². The third kappa shape index (κ3) is 4.60. The second-order valence-corrected chi connectivity index (χ2v) is 8.13. The van der Waals surface area contributed by atoms with Crippen LogP contribution in [0.5, 0.6) is 5.75 Å². The second kappa shape index (κ2) is 9.20. The van der Waals surface area contributed by atoms with Gasteiger partial charge in [0.1, 0.15) is 11.6 Å². The zero-order chi connectivity index (χ0) is 22.6. The van der Waals surface area contributed by atoms with Crippen LogP contribution in [0.2, 0.25) is 0 Å². The molecule has 0 saturated heterocycles. The van der Waals surface area contributed by atoms with E-state index in [-0.39, 0.29) is 11.9 Å². The van der Waals surface area contributed by atoms with Gasteiger partial charge in [0.25, 0.3) is 0 Å². The molecule has 6 heteroatoms. The summed E-state index contributed by atoms with van der Waals surface area (Å²) in [6.45, 7) is 0.597. The number of carbonyl (C=O) groups is 1. The van der Waals surface area contributed by atoms with Gasteiger partial charge in [0.2, 0.25) is 5.91 Å². The molecule has 3 aromatic carbocycles. The first-order valence-electron chi connectivity index (χ1n) is 11.1. The summed E-state index contributed by atoms with van der Waals surface area (Å²) in [6.07, 6.45) is 3.05. The third-order valence-corrected chi connectivity index (χ3v) is 5.91. The number of amides is 1. The normalized spacial score (nSPS) is 12.2. The van der Waals surface area contributed by atoms with E-state index in [4.69, 9.17) is 9.72 Å². The summed E-state index contributed by atoms with van der Waals surface area (Å²) in [5.41, 5.74) is 4.10. The van der Waals surface area contributed by atoms with Crippen molar-refractivity contribution >= 4 is 27.8 Å². The van der Waals surface area contributed by atoms with Crippen molar-refractivity contribution < 1.29 is 9.53 Å². The molecule has 0 aliphatic carbocycles. The minimum atomic E-state index is -0.238. The summed E-state index contributed by atoms with van der Waals surface area (Å²) in [7, 11) is 1.66. The maximum atomic E-state index is 13.0. The highest BCUT2D eigenvalue weighted by molar-refractivity contribution is 5.82. The van der Waals surface area contributed by atoms with Crippen molar-refractivity contribution in [3.8, 4) is 5.75 Å². The zero-order valence-electron chi connectivity index (χ0n) is 18.5. The molecular weight excluding hydrogens is 412 g/mol. The van der Waals surface area contributed by atoms with Crippen LogP contribution < -0.4 is 10.1 Å². The largest absolute Gasteiger partial charge is 0.497 e. The van der Waals surface area contributed by atoms with Crippen molar-refractivity contribution in [2.45, 2.75) is 25.4 Å². The fourth-order valence-electron chi connectivity index (χ4n) is 4.19. The number of H-pyrrole nitrogens is 1. The number of hydrogen-bond donors (Lipinski definition) is 2. The molecule has 1 amide bonds. The zero-order valence-corrected chi connectivity index (χ0v) is 18.5. The number of imidazole rings is 1. The highest BCUT2D eigenvalue weighted by Gasteiger charge is 2.19. The lowest BCUT2D eigenvalue weighted by Crippen LogP contribution is -2.31. The Kier molecular flexibility index (Phi) is 5.81. The molecular formula is C27H26N4O2. The Labute approximate surface area is 192 Å². The van der Waals surface area contributed by atoms with Crippen molar-refractivity contribution in [3.63, 3.8) is 0 Å². The molecule has 1 unspecified atom stereocenters. The maximum Gasteiger partial charge on any atom is 0.222 e. The Hall–Kier alpha value is -4.06. The molecule has 0 radical (unpaired) electrons. The molecule has 2 aromatic heterocycles. The molecule has 33 heavy (non-hydrogen) atoms. The van der Waals surface area contributed by atoms with E-state index in [1.54, 1.807) is 7.11 Å². The van der Waals surface area contributed by atoms with Crippen molar-refractivity contribution in [2.75, 3.05) is 7.11 Å². The molecule has 0 aliphatic heterocycles. The van der Waals surface area contributed by atoms with Crippen LogP contribution >= 0.6 is 0 Å². The highest BCUT2D eigenvalue weighted by atomic mass is 16.5. The molecule has 2 N–H and O–H groups in total. The van der Waals surface area contributed by atoms with E-state index in [0.717, 1.165) is 39.1 Å². The van der Waals surface area contributed by atoms with E-state index in [0.29, 0.717) is 19.4 Å². The number of methoxy groups -OCH3 is 1. The van der Waals surface area contributed by atoms with Crippen molar-refractivity contribution in [3.05, 3.63) is 96.4 Å². The van der Waals surface area contributed by atoms with Gasteiger partial charge in [-0.1, -0.05) is 42.5 Å². The van der Waals surface area contributed by atoms with Crippen LogP contribution in [0.25, 0.3) is 21.9 Å². The Morgan fingerprint density at radius 3 is 2.70 bits per heavy atom. The first-order valence-corrected chi connectivity index (χ1v) is 11.1. The lowest BCUT2D eigenvalue weighted by molar-refractivity contribution is -0.122. The highest BCUT2D eigenvalue weighted by Crippen LogP contribution is 2.23. The quantitative estimate of drug-likeness (QED) is 0.357. The van der Waals surface area contributed by atoms with E-state index in [1.165, 1.54) is 0 Å². The van der Waals surface area contributed by atoms with Gasteiger partial charge >= 0.3 is 0 Å². The average molecular weight is 439 g/mol. The Bertz CT molecular complexity index is 1350. The van der Waals surface area contributed by atoms with Gasteiger partial charge < -0.3 is 19.6 Å². The molecule has 2 heterocycles. The number of para-hydroxylation sites is 2. The van der Waals surface area contributed by atoms with Crippen LogP contribution in [0.15, 0.2) is 85.1 Å². The van der Waals surface area contributed by atoms with Gasteiger partial charge in [0, 0.05) is 30.1 Å². The topological polar surface area (TPSA) is 71.9 Å². The summed E-state index contributed by atoms with van der Waals surface area (Å²) in [6, 6.07) is 25.9. The minimum Gasteiger partial charge on any atom is -0.497 e. The smallest absolute Gasteiger partial charge is 0.222 e. The molecule has 0 fully saturated rings. The SMILES string of the molecule is COc1ccc2c(ccn2CCC(=O)NC(Cc2ccccc2)c2nc3ccccc3[nH]2)c1. The van der Waals surface area contributed by atoms with E-state index in [9.17, 15) is 4.79 Å². The van der Waals surface area contributed by atoms with Gasteiger partial charge in [-0.2, -0.15) is 0 Å². The van der Waals surface area contributed by atoms with Gasteiger partial charge in [0.15, 0.2) is 0 Å². The molecule has 0 aliphatic rings. The molecule has 0 spiro atoms. The molecule has 1 atom stereocenters. The summed E-state index contributed by atoms with van der Waals surface area (Å²) >= 11 is 0. The van der Waals surface area contributed by atoms with Crippen LogP contribution in [0.4, 0.5) is 0 Å². The fraction of sp³-hybridized carbons (Fsp3) is 0.185. The summed E-state index contributed by atoms with van der Waals surface area (Å²) in [5, 5.41) is 4.30. The van der Waals surface area contributed by atoms with Gasteiger partial charge in [-0.05, 0) is 48.4 Å². The van der Waals surface area contributed by atoms with Crippen molar-refractivity contribution in [1.82, 2.24) is 19.9 Å². The van der Waals surface area contributed by atoms with E-state index < -0.39 is 0 Å². The van der Waals surface area contributed by atoms with Crippen LogP contribution in [-0.2, 0) is 17.8 Å². The summed E-state index contributed by atoms with van der Waals surface area (Å²) in [4.78, 5) is 21.1. The van der Waals surface area contributed by atoms with E-state index in [1.807, 2.05) is 72.9 Å². The number of nitrogens with zero attached hydrogens (tertiary/aromatic N) is 2. The Morgan fingerprint density at radius 1 is 1.06 bits per heavy atom. The van der Waals surface area contributed by atoms with Gasteiger partial charge in [-0.25, -0.2) is 4.98 Å². The number of aromatic amines is 1. The molecule has 0 bridgehead atoms. The lowest BCUT2D eigenvalue weighted by atomic mass is 10.1. The number of aryl methyl sites for hydroxylation is 1. The Balaban J connectivity index is 1.32. The van der Waals surface area contributed by atoms with Crippen LogP contribution in [-0.4, -0.2) is 27.6 Å². The number of ether oxygens (including phenoxy) is 1. The van der Waals surface area contributed by atoms with Crippen LogP contribution in [0.3, 0.4) is 0 Å². The van der Waals surface area contributed by atoms with Crippen LogP contribution in [0.1, 0.15) is 23.9 Å². The molecule has 0 saturated carbocycles. The molecule has 5 rings (SSSR count). The number of rotatable bonds is 8. The third-order valence-electron chi connectivity index (χ3n) is 5.91. The number of aromatic nitrogens is 3. The summed E-state index contributed by atoms with van der Waals surface area (Å²) in [5.74, 6) is 1.59. The number of hydrogen-bond acceptors (Lipinski definition) is 3. The van der Waals surface area contributed by atoms with Gasteiger partial charge in [-0.3, -0.25) is 4.79 Å². The monoisotopic (exact) mass is 438 g/mol. The van der Waals surface area contributed by atoms with Gasteiger partial charge in [-0.15, -0.1) is 0 Å². The van der Waals surface area contributed by atoms with Crippen molar-refractivity contribution in [1.29, 1.82) is 0 Å². The second-order valence-electron chi connectivity index (χ2n) is 8.13. The van der Waals surface area contributed by atoms with Crippen molar-refractivity contribution in [2.24, 2.45) is 0 Å². The number of nitrogens with one attached hydrogen (secondary N) is 2. The lowest BCUT2D eigenvalue weighted by Gasteiger charge is -2.17. The Morgan fingerprint density at radius 2 is 1.88 bits per heavy atom. The first kappa shape index (κ1) is 20.8. The first-order chi connectivity index (χ1) is 16.2. The average Bonchev–Trinajstić information content (AvgIpc) is 3.46. The molecule has 6 nitrogen and oxygen atoms in total. The predicted molar refractivity (Wildman–Crippen MR) is 130 cm³/mol. The van der Waals surface area contributed by atoms with Gasteiger partial charge in [0.05, 0.1) is 24.2 Å². The number of benzene rings is 3. The standard InChI is InChI=1S/C27H26N4O2/c1-33-21-11-12-25-20(18-21)13-15-31(25)16-14-26(32)28-24(17-19-7-3-2-4-8-19)27-29-22-9-5-6-10-23(22)30-27/h2-13,15,18,24H,14,16-17H2,1H3,(H,28,32)(H,29,30). The van der Waals surface area contributed by atoms with E-state index >= 15 is 0 Å². The predicted octanol–water partition coefficient (Wildman–Crippen LogP) is 5.02. The fourth-order valence-corrected chi connectivity index (χ4v) is 4.19.